The summed E-state index contributed by atoms with van der Waals surface area (Å²) in [7, 11) is 0. The molecule has 0 aromatic heterocycles. The molecule has 1 aromatic carbocycles. The topological polar surface area (TPSA) is 12.0 Å². The van der Waals surface area contributed by atoms with E-state index in [1.807, 2.05) is 19.9 Å². The molecule has 0 unspecified atom stereocenters. The van der Waals surface area contributed by atoms with Crippen molar-refractivity contribution >= 4 is 17.3 Å². The molecule has 1 N–H and O–H groups in total. The maximum absolute atomic E-state index is 5.63. The van der Waals surface area contributed by atoms with Crippen LogP contribution in [0.15, 0.2) is 29.9 Å². The fraction of sp³-hybridized carbons (Fsp3) is 0.200. The second kappa shape index (κ2) is 3.63. The number of benzene rings is 1. The molecule has 0 aliphatic rings. The van der Waals surface area contributed by atoms with E-state index in [2.05, 4.69) is 24.0 Å². The van der Waals surface area contributed by atoms with Crippen LogP contribution in [-0.2, 0) is 0 Å². The summed E-state index contributed by atoms with van der Waals surface area (Å²) in [6.45, 7) is 7.65. The van der Waals surface area contributed by atoms with Crippen LogP contribution in [0.2, 0.25) is 0 Å². The highest BCUT2D eigenvalue weighted by molar-refractivity contribution is 6.30. The Morgan fingerprint density at radius 3 is 2.67 bits per heavy atom. The van der Waals surface area contributed by atoms with E-state index in [1.165, 1.54) is 11.1 Å². The largest absolute Gasteiger partial charge is 0.346 e. The van der Waals surface area contributed by atoms with Crippen molar-refractivity contribution in [2.75, 3.05) is 5.32 Å². The van der Waals surface area contributed by atoms with E-state index >= 15 is 0 Å². The Bertz CT molecular complexity index is 305. The summed E-state index contributed by atoms with van der Waals surface area (Å²) in [5.41, 5.74) is 3.40. The number of halogens is 1. The molecule has 0 bridgehead atoms. The number of hydrogen-bond acceptors (Lipinski definition) is 1. The van der Waals surface area contributed by atoms with E-state index in [0.29, 0.717) is 5.16 Å². The zero-order chi connectivity index (χ0) is 9.14. The molecule has 1 aromatic rings. The predicted octanol–water partition coefficient (Wildman–Crippen LogP) is 3.43. The lowest BCUT2D eigenvalue weighted by Gasteiger charge is -2.07. The molecule has 0 amide bonds. The van der Waals surface area contributed by atoms with Crippen LogP contribution in [-0.4, -0.2) is 0 Å². The first kappa shape index (κ1) is 9.14. The van der Waals surface area contributed by atoms with Gasteiger partial charge in [0.05, 0.1) is 5.16 Å². The number of hydrogen-bond donors (Lipinski definition) is 1. The molecule has 0 fully saturated rings. The van der Waals surface area contributed by atoms with E-state index < -0.39 is 0 Å². The van der Waals surface area contributed by atoms with Crippen LogP contribution < -0.4 is 5.32 Å². The summed E-state index contributed by atoms with van der Waals surface area (Å²) in [5, 5.41) is 3.43. The van der Waals surface area contributed by atoms with Crippen molar-refractivity contribution in [3.05, 3.63) is 41.1 Å². The van der Waals surface area contributed by atoms with E-state index in [0.717, 1.165) is 5.69 Å². The Balaban J connectivity index is 2.97. The number of nitrogens with one attached hydrogen (secondary N) is 1. The van der Waals surface area contributed by atoms with Crippen molar-refractivity contribution in [1.29, 1.82) is 0 Å². The summed E-state index contributed by atoms with van der Waals surface area (Å²) in [5.74, 6) is 0. The van der Waals surface area contributed by atoms with Gasteiger partial charge in [-0.25, -0.2) is 0 Å². The van der Waals surface area contributed by atoms with Crippen molar-refractivity contribution in [2.24, 2.45) is 0 Å². The van der Waals surface area contributed by atoms with Crippen LogP contribution in [0.4, 0.5) is 5.69 Å². The molecule has 0 aliphatic carbocycles. The minimum atomic E-state index is 0.448. The average molecular weight is 182 g/mol. The first-order chi connectivity index (χ1) is 5.59. The molecular formula is C10H12ClN. The second-order valence-corrected chi connectivity index (χ2v) is 3.30. The Morgan fingerprint density at radius 2 is 2.08 bits per heavy atom. The van der Waals surface area contributed by atoms with Gasteiger partial charge in [-0.05, 0) is 31.0 Å². The van der Waals surface area contributed by atoms with Crippen LogP contribution in [0.1, 0.15) is 11.1 Å². The molecule has 1 rings (SSSR count). The zero-order valence-electron chi connectivity index (χ0n) is 7.32. The monoisotopic (exact) mass is 181 g/mol. The quantitative estimate of drug-likeness (QED) is 0.690. The van der Waals surface area contributed by atoms with Crippen LogP contribution in [0.3, 0.4) is 0 Å². The molecule has 0 spiro atoms. The van der Waals surface area contributed by atoms with E-state index in [9.17, 15) is 0 Å². The Kier molecular flexibility index (Phi) is 2.77. The molecule has 0 radical (unpaired) electrons. The first-order valence-corrected chi connectivity index (χ1v) is 4.16. The van der Waals surface area contributed by atoms with Crippen molar-refractivity contribution in [3.8, 4) is 0 Å². The smallest absolute Gasteiger partial charge is 0.0989 e. The van der Waals surface area contributed by atoms with E-state index in [-0.39, 0.29) is 0 Å². The number of rotatable bonds is 2. The Hall–Kier alpha value is -0.950. The number of anilines is 1. The summed E-state index contributed by atoms with van der Waals surface area (Å²) < 4.78 is 0. The molecule has 64 valence electrons. The van der Waals surface area contributed by atoms with Gasteiger partial charge in [0.15, 0.2) is 0 Å². The van der Waals surface area contributed by atoms with Gasteiger partial charge < -0.3 is 5.32 Å². The summed E-state index contributed by atoms with van der Waals surface area (Å²) >= 11 is 5.63. The highest BCUT2D eigenvalue weighted by Gasteiger charge is 1.97. The highest BCUT2D eigenvalue weighted by atomic mass is 35.5. The van der Waals surface area contributed by atoms with Gasteiger partial charge in [-0.2, -0.15) is 0 Å². The molecule has 0 aliphatic heterocycles. The lowest BCUT2D eigenvalue weighted by Crippen LogP contribution is -1.94. The fourth-order valence-electron chi connectivity index (χ4n) is 1.02. The van der Waals surface area contributed by atoms with Gasteiger partial charge >= 0.3 is 0 Å². The fourth-order valence-corrected chi connectivity index (χ4v) is 1.12. The molecule has 0 atom stereocenters. The van der Waals surface area contributed by atoms with Crippen LogP contribution in [0, 0.1) is 13.8 Å². The van der Waals surface area contributed by atoms with Crippen LogP contribution in [0.25, 0.3) is 0 Å². The standard InChI is InChI=1S/C10H12ClN/c1-7-4-5-8(2)10(6-7)12-9(3)11/h4-6,12H,3H2,1-2H3. The molecular weight excluding hydrogens is 170 g/mol. The van der Waals surface area contributed by atoms with Gasteiger partial charge in [0.1, 0.15) is 0 Å². The minimum Gasteiger partial charge on any atom is -0.346 e. The number of aryl methyl sites for hydroxylation is 2. The summed E-state index contributed by atoms with van der Waals surface area (Å²) in [6, 6.07) is 6.16. The Morgan fingerprint density at radius 1 is 1.42 bits per heavy atom. The second-order valence-electron chi connectivity index (χ2n) is 2.85. The molecule has 2 heteroatoms. The van der Waals surface area contributed by atoms with Gasteiger partial charge in [-0.3, -0.25) is 0 Å². The van der Waals surface area contributed by atoms with Crippen molar-refractivity contribution in [1.82, 2.24) is 0 Å². The maximum Gasteiger partial charge on any atom is 0.0989 e. The summed E-state index contributed by atoms with van der Waals surface area (Å²) in [4.78, 5) is 0. The molecule has 1 nitrogen and oxygen atoms in total. The zero-order valence-corrected chi connectivity index (χ0v) is 8.07. The maximum atomic E-state index is 5.63. The van der Waals surface area contributed by atoms with Gasteiger partial charge in [-0.1, -0.05) is 30.3 Å². The van der Waals surface area contributed by atoms with Crippen LogP contribution in [0.5, 0.6) is 0 Å². The third kappa shape index (κ3) is 2.28. The van der Waals surface area contributed by atoms with Gasteiger partial charge in [-0.15, -0.1) is 0 Å². The first-order valence-electron chi connectivity index (χ1n) is 3.78. The molecule has 0 heterocycles. The normalized spacial score (nSPS) is 9.58. The lowest BCUT2D eigenvalue weighted by molar-refractivity contribution is 1.37. The third-order valence-corrected chi connectivity index (χ3v) is 1.76. The van der Waals surface area contributed by atoms with Gasteiger partial charge in [0.2, 0.25) is 0 Å². The van der Waals surface area contributed by atoms with Crippen molar-refractivity contribution in [3.63, 3.8) is 0 Å². The van der Waals surface area contributed by atoms with E-state index in [4.69, 9.17) is 11.6 Å². The third-order valence-electron chi connectivity index (χ3n) is 1.66. The Labute approximate surface area is 78.1 Å². The van der Waals surface area contributed by atoms with Gasteiger partial charge in [0, 0.05) is 5.69 Å². The van der Waals surface area contributed by atoms with E-state index in [1.54, 1.807) is 0 Å². The summed E-state index contributed by atoms with van der Waals surface area (Å²) in [6.07, 6.45) is 0. The average Bonchev–Trinajstić information content (AvgIpc) is 1.96. The molecule has 0 saturated heterocycles. The minimum absolute atomic E-state index is 0.448. The molecule has 12 heavy (non-hydrogen) atoms. The predicted molar refractivity (Wildman–Crippen MR) is 54.5 cm³/mol. The van der Waals surface area contributed by atoms with Crippen LogP contribution >= 0.6 is 11.6 Å². The SMILES string of the molecule is C=C(Cl)Nc1cc(C)ccc1C. The molecule has 0 saturated carbocycles. The van der Waals surface area contributed by atoms with Gasteiger partial charge in [0.25, 0.3) is 0 Å². The van der Waals surface area contributed by atoms with Crippen molar-refractivity contribution in [2.45, 2.75) is 13.8 Å². The highest BCUT2D eigenvalue weighted by Crippen LogP contribution is 2.18. The lowest BCUT2D eigenvalue weighted by atomic mass is 10.1. The van der Waals surface area contributed by atoms with Crippen molar-refractivity contribution < 1.29 is 0 Å².